The normalized spacial score (nSPS) is 33.0. The lowest BCUT2D eigenvalue weighted by Crippen LogP contribution is -1.78. The van der Waals surface area contributed by atoms with Crippen LogP contribution in [-0.2, 0) is 0 Å². The van der Waals surface area contributed by atoms with Gasteiger partial charge in [0.2, 0.25) is 7.58 Å². The summed E-state index contributed by atoms with van der Waals surface area (Å²) in [5.41, 5.74) is 0. The van der Waals surface area contributed by atoms with Gasteiger partial charge < -0.3 is 0 Å². The van der Waals surface area contributed by atoms with Crippen LogP contribution in [-0.4, -0.2) is 0 Å². The van der Waals surface area contributed by atoms with Crippen molar-refractivity contribution in [2.45, 2.75) is 0 Å². The molecular weight excluding hydrogens is 170 g/mol. The highest BCUT2D eigenvalue weighted by Crippen LogP contribution is 2.47. The molecule has 1 aliphatic rings. The third-order valence-corrected chi connectivity index (χ3v) is 4.26. The predicted molar refractivity (Wildman–Crippen MR) is 34.6 cm³/mol. The minimum atomic E-state index is -0.763. The maximum Gasteiger partial charge on any atom is 0.200 e. The van der Waals surface area contributed by atoms with E-state index in [0.717, 1.165) is 17.0 Å². The van der Waals surface area contributed by atoms with Gasteiger partial charge in [-0.3, -0.25) is 0 Å². The summed E-state index contributed by atoms with van der Waals surface area (Å²) < 4.78 is 7.67. The smallest absolute Gasteiger partial charge is 0.200 e. The number of hydrogen-bond donors (Lipinski definition) is 1. The Morgan fingerprint density at radius 1 is 1.71 bits per heavy atom. The zero-order valence-corrected chi connectivity index (χ0v) is 6.55. The number of hydrogen-bond acceptors (Lipinski definition) is 3. The van der Waals surface area contributed by atoms with E-state index < -0.39 is 7.58 Å². The minimum Gasteiger partial charge on any atom is -0.200 e. The summed E-state index contributed by atoms with van der Waals surface area (Å²) in [7, 11) is 0.860. The van der Waals surface area contributed by atoms with E-state index >= 15 is 0 Å². The lowest BCUT2D eigenvalue weighted by Gasteiger charge is -1.97. The zero-order valence-electron chi connectivity index (χ0n) is 3.11. The van der Waals surface area contributed by atoms with E-state index in [0.29, 0.717) is 0 Å². The maximum absolute atomic E-state index is 5.53. The first-order chi connectivity index (χ1) is 3.39. The van der Waals surface area contributed by atoms with Gasteiger partial charge in [0.1, 0.15) is 8.52 Å². The largest absolute Gasteiger partial charge is 0.200 e. The van der Waals surface area contributed by atoms with Crippen molar-refractivity contribution in [2.24, 2.45) is 9.03 Å². The molecule has 0 radical (unpaired) electrons. The Morgan fingerprint density at radius 3 is 2.86 bits per heavy atom. The van der Waals surface area contributed by atoms with Crippen molar-refractivity contribution in [1.82, 2.24) is 4.86 Å². The Hall–Kier alpha value is 0.880. The second-order valence-electron chi connectivity index (χ2n) is 0.728. The topological polar surface area (TPSA) is 36.8 Å². The van der Waals surface area contributed by atoms with Gasteiger partial charge in [0.15, 0.2) is 8.52 Å². The molecule has 0 saturated carbocycles. The first-order valence-electron chi connectivity index (χ1n) is 1.42. The highest BCUT2D eigenvalue weighted by Gasteiger charge is 1.99. The molecule has 7 heavy (non-hydrogen) atoms. The molecule has 1 unspecified atom stereocenters. The van der Waals surface area contributed by atoms with E-state index in [1.165, 1.54) is 0 Å². The van der Waals surface area contributed by atoms with Crippen LogP contribution in [0.1, 0.15) is 0 Å². The molecule has 0 bridgehead atoms. The molecule has 0 spiro atoms. The van der Waals surface area contributed by atoms with Gasteiger partial charge in [-0.2, -0.15) is 9.03 Å². The van der Waals surface area contributed by atoms with Crippen molar-refractivity contribution >= 4 is 35.9 Å². The van der Waals surface area contributed by atoms with Gasteiger partial charge in [0.05, 0.1) is 0 Å². The Kier molecular flexibility index (Phi) is 2.59. The van der Waals surface area contributed by atoms with Crippen molar-refractivity contribution < 1.29 is 0 Å². The number of nitrogens with one attached hydrogen (secondary N) is 1. The van der Waals surface area contributed by atoms with Gasteiger partial charge in [-0.1, -0.05) is 11.2 Å². The van der Waals surface area contributed by atoms with Crippen LogP contribution in [0.2, 0.25) is 0 Å². The zero-order chi connectivity index (χ0) is 5.11. The van der Waals surface area contributed by atoms with Gasteiger partial charge in [-0.15, -0.1) is 0 Å². The number of halogens is 1. The molecule has 0 amide bonds. The summed E-state index contributed by atoms with van der Waals surface area (Å²) in [6.07, 6.45) is 0. The average molecular weight is 171 g/mol. The van der Waals surface area contributed by atoms with Crippen LogP contribution in [0, 0.1) is 0 Å². The molecule has 0 aliphatic carbocycles. The minimum absolute atomic E-state index is 0.763. The summed E-state index contributed by atoms with van der Waals surface area (Å²) in [6.45, 7) is 0. The van der Waals surface area contributed by atoms with E-state index in [1.54, 1.807) is 0 Å². The van der Waals surface area contributed by atoms with Crippen LogP contribution in [0.4, 0.5) is 0 Å². The van der Waals surface area contributed by atoms with Crippen molar-refractivity contribution in [3.63, 3.8) is 0 Å². The summed E-state index contributed by atoms with van der Waals surface area (Å²) in [5, 5.41) is 0. The van der Waals surface area contributed by atoms with Crippen molar-refractivity contribution in [2.75, 3.05) is 0 Å². The molecule has 1 rings (SSSR count). The predicted octanol–water partition coefficient (Wildman–Crippen LogP) is 3.14. The second-order valence-corrected chi connectivity index (χ2v) is 4.82. The van der Waals surface area contributed by atoms with Gasteiger partial charge in [0.25, 0.3) is 0 Å². The first kappa shape index (κ1) is 6.01. The molecule has 1 atom stereocenters. The summed E-state index contributed by atoms with van der Waals surface area (Å²) in [6, 6.07) is 0. The molecule has 0 aromatic rings. The molecule has 1 aliphatic heterocycles. The Labute approximate surface area is 50.4 Å². The quantitative estimate of drug-likeness (QED) is 0.559. The van der Waals surface area contributed by atoms with E-state index in [1.807, 2.05) is 0 Å². The summed E-state index contributed by atoms with van der Waals surface area (Å²) in [5.74, 6) is 0. The van der Waals surface area contributed by atoms with Crippen molar-refractivity contribution in [3.05, 3.63) is 0 Å². The van der Waals surface area contributed by atoms with E-state index in [4.69, 9.17) is 11.2 Å². The van der Waals surface area contributed by atoms with Gasteiger partial charge in [0, 0.05) is 0 Å². The summed E-state index contributed by atoms with van der Waals surface area (Å²) >= 11 is 5.53. The fraction of sp³-hybridized carbons (Fsp3) is 0. The second kappa shape index (κ2) is 3.02. The lowest BCUT2D eigenvalue weighted by atomic mass is 13.8. The monoisotopic (exact) mass is 171 g/mol. The Balaban J connectivity index is 2.49. The molecule has 38 valence electrons. The molecule has 7 heteroatoms. The molecule has 0 aromatic heterocycles. The molecule has 0 fully saturated rings. The standard InChI is InChI=1S/ClHN3P3/c1-7-3-5-2-6-4-7/h(H,2,3,4). The van der Waals surface area contributed by atoms with Crippen LogP contribution in [0.5, 0.6) is 0 Å². The van der Waals surface area contributed by atoms with Crippen LogP contribution < -0.4 is 4.86 Å². The van der Waals surface area contributed by atoms with Crippen LogP contribution in [0.3, 0.4) is 0 Å². The third-order valence-electron chi connectivity index (χ3n) is 0.330. The molecular formula is HClN3P3. The highest BCUT2D eigenvalue weighted by molar-refractivity contribution is 7.87. The highest BCUT2D eigenvalue weighted by atomic mass is 35.7. The average Bonchev–Trinajstić information content (AvgIpc) is 1.69. The molecule has 0 aromatic carbocycles. The van der Waals surface area contributed by atoms with Crippen LogP contribution in [0.25, 0.3) is 0 Å². The van der Waals surface area contributed by atoms with Gasteiger partial charge >= 0.3 is 0 Å². The fourth-order valence-electron chi connectivity index (χ4n) is 0.150. The Morgan fingerprint density at radius 2 is 2.57 bits per heavy atom. The Bertz CT molecular complexity index is 109. The van der Waals surface area contributed by atoms with Gasteiger partial charge in [-0.25, -0.2) is 4.86 Å². The van der Waals surface area contributed by atoms with Crippen LogP contribution in [0.15, 0.2) is 9.03 Å². The number of rotatable bonds is 0. The van der Waals surface area contributed by atoms with E-state index in [9.17, 15) is 0 Å². The van der Waals surface area contributed by atoms with E-state index in [-0.39, 0.29) is 0 Å². The molecule has 3 nitrogen and oxygen atoms in total. The first-order valence-corrected chi connectivity index (χ1v) is 5.26. The van der Waals surface area contributed by atoms with E-state index in [2.05, 4.69) is 13.9 Å². The molecule has 0 saturated heterocycles. The summed E-state index contributed by atoms with van der Waals surface area (Å²) in [4.78, 5) is 2.84. The third kappa shape index (κ3) is 2.08. The number of nitrogens with zero attached hydrogens (tertiary/aromatic N) is 2. The fourth-order valence-corrected chi connectivity index (χ4v) is 2.97. The lowest BCUT2D eigenvalue weighted by molar-refractivity contribution is 1.64. The SMILES string of the molecule is ClP1N=PN=PN1. The van der Waals surface area contributed by atoms with Crippen molar-refractivity contribution in [3.8, 4) is 0 Å². The molecule has 1 heterocycles. The van der Waals surface area contributed by atoms with Crippen molar-refractivity contribution in [1.29, 1.82) is 0 Å². The van der Waals surface area contributed by atoms with Crippen LogP contribution >= 0.6 is 35.9 Å². The molecule has 1 N–H and O–H groups in total. The maximum atomic E-state index is 5.53. The van der Waals surface area contributed by atoms with Gasteiger partial charge in [-0.05, 0) is 0 Å².